The van der Waals surface area contributed by atoms with Crippen LogP contribution in [0.5, 0.6) is 5.75 Å². The van der Waals surface area contributed by atoms with Crippen molar-refractivity contribution >= 4 is 11.7 Å². The summed E-state index contributed by atoms with van der Waals surface area (Å²) in [7, 11) is 1.60. The smallest absolute Gasteiger partial charge is 0.326 e. The molecule has 0 bridgehead atoms. The van der Waals surface area contributed by atoms with E-state index in [0.717, 1.165) is 17.7 Å². The molecule has 0 spiro atoms. The molecule has 0 aromatic heterocycles. The average Bonchev–Trinajstić information content (AvgIpc) is 2.86. The Morgan fingerprint density at radius 2 is 2.33 bits per heavy atom. The Morgan fingerprint density at radius 1 is 1.50 bits per heavy atom. The van der Waals surface area contributed by atoms with Crippen LogP contribution in [-0.4, -0.2) is 24.2 Å². The normalized spacial score (nSPS) is 28.2. The van der Waals surface area contributed by atoms with Crippen molar-refractivity contribution in [3.63, 3.8) is 0 Å². The SMILES string of the molecule is COc1cccc2c1N[C@H](C(=O)O)[C@@H]1C=CC[C@@H]21. The number of anilines is 1. The van der Waals surface area contributed by atoms with Gasteiger partial charge >= 0.3 is 5.97 Å². The number of hydrogen-bond acceptors (Lipinski definition) is 3. The Hall–Kier alpha value is -1.97. The van der Waals surface area contributed by atoms with Gasteiger partial charge in [-0.1, -0.05) is 24.3 Å². The monoisotopic (exact) mass is 245 g/mol. The van der Waals surface area contributed by atoms with Crippen LogP contribution in [0.4, 0.5) is 5.69 Å². The van der Waals surface area contributed by atoms with Gasteiger partial charge < -0.3 is 15.2 Å². The number of carboxylic acids is 1. The molecule has 2 aliphatic rings. The number of ether oxygens (including phenoxy) is 1. The van der Waals surface area contributed by atoms with Gasteiger partial charge in [0.1, 0.15) is 11.8 Å². The fourth-order valence-corrected chi connectivity index (χ4v) is 3.01. The average molecular weight is 245 g/mol. The second-order valence-corrected chi connectivity index (χ2v) is 4.73. The van der Waals surface area contributed by atoms with Crippen molar-refractivity contribution in [3.8, 4) is 5.75 Å². The molecule has 4 heteroatoms. The Balaban J connectivity index is 2.10. The minimum atomic E-state index is -0.812. The summed E-state index contributed by atoms with van der Waals surface area (Å²) in [6.45, 7) is 0. The summed E-state index contributed by atoms with van der Waals surface area (Å²) in [5.74, 6) is 0.178. The van der Waals surface area contributed by atoms with E-state index in [1.807, 2.05) is 24.3 Å². The lowest BCUT2D eigenvalue weighted by atomic mass is 9.79. The van der Waals surface area contributed by atoms with Crippen molar-refractivity contribution < 1.29 is 14.6 Å². The lowest BCUT2D eigenvalue weighted by molar-refractivity contribution is -0.139. The van der Waals surface area contributed by atoms with Crippen LogP contribution in [0.1, 0.15) is 17.9 Å². The number of para-hydroxylation sites is 1. The molecular weight excluding hydrogens is 230 g/mol. The zero-order valence-corrected chi connectivity index (χ0v) is 10.1. The second kappa shape index (κ2) is 4.05. The molecule has 0 saturated carbocycles. The van der Waals surface area contributed by atoms with Gasteiger partial charge in [-0.3, -0.25) is 0 Å². The summed E-state index contributed by atoms with van der Waals surface area (Å²) in [5, 5.41) is 12.4. The van der Waals surface area contributed by atoms with E-state index in [1.165, 1.54) is 0 Å². The van der Waals surface area contributed by atoms with Crippen molar-refractivity contribution in [2.45, 2.75) is 18.4 Å². The van der Waals surface area contributed by atoms with Crippen LogP contribution < -0.4 is 10.1 Å². The van der Waals surface area contributed by atoms with E-state index in [1.54, 1.807) is 7.11 Å². The lowest BCUT2D eigenvalue weighted by Gasteiger charge is -2.35. The molecule has 1 heterocycles. The lowest BCUT2D eigenvalue weighted by Crippen LogP contribution is -2.41. The van der Waals surface area contributed by atoms with Gasteiger partial charge in [-0.15, -0.1) is 0 Å². The highest BCUT2D eigenvalue weighted by Crippen LogP contribution is 2.47. The summed E-state index contributed by atoms with van der Waals surface area (Å²) >= 11 is 0. The predicted octanol–water partition coefficient (Wildman–Crippen LogP) is 2.23. The molecule has 0 amide bonds. The number of rotatable bonds is 2. The number of benzene rings is 1. The van der Waals surface area contributed by atoms with Crippen molar-refractivity contribution in [3.05, 3.63) is 35.9 Å². The Labute approximate surface area is 105 Å². The highest BCUT2D eigenvalue weighted by atomic mass is 16.5. The van der Waals surface area contributed by atoms with E-state index in [-0.39, 0.29) is 11.8 Å². The van der Waals surface area contributed by atoms with E-state index in [0.29, 0.717) is 5.75 Å². The molecule has 1 aliphatic carbocycles. The van der Waals surface area contributed by atoms with Crippen molar-refractivity contribution in [2.24, 2.45) is 5.92 Å². The fraction of sp³-hybridized carbons (Fsp3) is 0.357. The van der Waals surface area contributed by atoms with Gasteiger partial charge in [0.05, 0.1) is 12.8 Å². The minimum Gasteiger partial charge on any atom is -0.495 e. The molecule has 3 rings (SSSR count). The molecule has 3 atom stereocenters. The molecule has 1 aromatic rings. The van der Waals surface area contributed by atoms with Gasteiger partial charge in [-0.25, -0.2) is 4.79 Å². The first-order valence-corrected chi connectivity index (χ1v) is 6.05. The Morgan fingerprint density at radius 3 is 3.06 bits per heavy atom. The summed E-state index contributed by atoms with van der Waals surface area (Å²) < 4.78 is 5.31. The van der Waals surface area contributed by atoms with Crippen molar-refractivity contribution in [2.75, 3.05) is 12.4 Å². The molecule has 0 saturated heterocycles. The first-order chi connectivity index (χ1) is 8.72. The van der Waals surface area contributed by atoms with Crippen LogP contribution in [0.15, 0.2) is 30.4 Å². The van der Waals surface area contributed by atoms with Gasteiger partial charge in [0, 0.05) is 5.92 Å². The van der Waals surface area contributed by atoms with E-state index in [4.69, 9.17) is 4.74 Å². The van der Waals surface area contributed by atoms with Gasteiger partial charge in [-0.2, -0.15) is 0 Å². The number of hydrogen-bond donors (Lipinski definition) is 2. The Bertz CT molecular complexity index is 524. The van der Waals surface area contributed by atoms with Gasteiger partial charge in [0.25, 0.3) is 0 Å². The summed E-state index contributed by atoms with van der Waals surface area (Å²) in [4.78, 5) is 11.4. The van der Waals surface area contributed by atoms with Crippen LogP contribution in [0, 0.1) is 5.92 Å². The summed E-state index contributed by atoms with van der Waals surface area (Å²) in [6, 6.07) is 5.29. The molecule has 2 N–H and O–H groups in total. The van der Waals surface area contributed by atoms with Crippen LogP contribution in [0.3, 0.4) is 0 Å². The highest BCUT2D eigenvalue weighted by molar-refractivity contribution is 5.82. The van der Waals surface area contributed by atoms with Gasteiger partial charge in [-0.05, 0) is 24.0 Å². The van der Waals surface area contributed by atoms with E-state index < -0.39 is 12.0 Å². The quantitative estimate of drug-likeness (QED) is 0.784. The first-order valence-electron chi connectivity index (χ1n) is 6.05. The molecule has 1 aliphatic heterocycles. The number of aliphatic carboxylic acids is 1. The van der Waals surface area contributed by atoms with Gasteiger partial charge in [0.2, 0.25) is 0 Å². The largest absolute Gasteiger partial charge is 0.495 e. The maximum Gasteiger partial charge on any atom is 0.326 e. The van der Waals surface area contributed by atoms with Gasteiger partial charge in [0.15, 0.2) is 0 Å². The zero-order valence-electron chi connectivity index (χ0n) is 10.1. The number of allylic oxidation sites excluding steroid dienone is 1. The highest BCUT2D eigenvalue weighted by Gasteiger charge is 2.41. The van der Waals surface area contributed by atoms with Crippen LogP contribution in [0.2, 0.25) is 0 Å². The molecule has 1 aromatic carbocycles. The first kappa shape index (κ1) is 11.1. The second-order valence-electron chi connectivity index (χ2n) is 4.73. The minimum absolute atomic E-state index is 0.0297. The van der Waals surface area contributed by atoms with Crippen molar-refractivity contribution in [1.29, 1.82) is 0 Å². The fourth-order valence-electron chi connectivity index (χ4n) is 3.01. The maximum absolute atomic E-state index is 11.4. The summed E-state index contributed by atoms with van der Waals surface area (Å²) in [5.41, 5.74) is 1.99. The molecule has 4 nitrogen and oxygen atoms in total. The van der Waals surface area contributed by atoms with E-state index in [9.17, 15) is 9.90 Å². The molecular formula is C14H15NO3. The van der Waals surface area contributed by atoms with Crippen molar-refractivity contribution in [1.82, 2.24) is 0 Å². The summed E-state index contributed by atoms with van der Waals surface area (Å²) in [6.07, 6.45) is 4.98. The standard InChI is InChI=1S/C14H15NO3/c1-18-11-7-3-6-9-8-4-2-5-10(8)13(14(16)17)15-12(9)11/h2-3,5-8,10,13,15H,4H2,1H3,(H,16,17)/t8-,10+,13-/m0/s1. The van der Waals surface area contributed by atoms with Crippen LogP contribution in [-0.2, 0) is 4.79 Å². The molecule has 0 unspecified atom stereocenters. The zero-order chi connectivity index (χ0) is 12.7. The predicted molar refractivity (Wildman–Crippen MR) is 68.0 cm³/mol. The van der Waals surface area contributed by atoms with E-state index in [2.05, 4.69) is 11.4 Å². The third-order valence-electron chi connectivity index (χ3n) is 3.84. The molecule has 94 valence electrons. The van der Waals surface area contributed by atoms with E-state index >= 15 is 0 Å². The molecule has 18 heavy (non-hydrogen) atoms. The number of fused-ring (bicyclic) bond motifs is 3. The maximum atomic E-state index is 11.4. The number of nitrogens with one attached hydrogen (secondary N) is 1. The third-order valence-corrected chi connectivity index (χ3v) is 3.84. The third kappa shape index (κ3) is 1.49. The number of carboxylic acid groups (broad SMARTS) is 1. The topological polar surface area (TPSA) is 58.6 Å². The molecule has 0 radical (unpaired) electrons. The number of carbonyl (C=O) groups is 1. The molecule has 0 fully saturated rings. The Kier molecular flexibility index (Phi) is 2.51. The van der Waals surface area contributed by atoms with Crippen LogP contribution in [0.25, 0.3) is 0 Å². The van der Waals surface area contributed by atoms with Crippen LogP contribution >= 0.6 is 0 Å². The number of methoxy groups -OCH3 is 1.